The normalized spacial score (nSPS) is 32.6. The third-order valence-electron chi connectivity index (χ3n) is 4.53. The van der Waals surface area contributed by atoms with E-state index in [0.29, 0.717) is 11.7 Å². The average Bonchev–Trinajstić information content (AvgIpc) is 3.04. The molecule has 3 rings (SSSR count). The fourth-order valence-electron chi connectivity index (χ4n) is 2.51. The van der Waals surface area contributed by atoms with Crippen molar-refractivity contribution in [3.63, 3.8) is 0 Å². The van der Waals surface area contributed by atoms with Crippen LogP contribution in [0.25, 0.3) is 0 Å². The lowest BCUT2D eigenvalue weighted by atomic mass is 9.80. The van der Waals surface area contributed by atoms with Gasteiger partial charge in [-0.2, -0.15) is 0 Å². The van der Waals surface area contributed by atoms with E-state index >= 15 is 0 Å². The zero-order valence-electron chi connectivity index (χ0n) is 11.5. The van der Waals surface area contributed by atoms with Gasteiger partial charge < -0.3 is 9.31 Å². The molecule has 0 aromatic carbocycles. The van der Waals surface area contributed by atoms with Crippen molar-refractivity contribution < 1.29 is 9.31 Å². The minimum absolute atomic E-state index is 0.0815. The molecule has 2 heterocycles. The third-order valence-corrected chi connectivity index (χ3v) is 4.53. The lowest BCUT2D eigenvalue weighted by Gasteiger charge is -2.32. The maximum Gasteiger partial charge on any atom is 0.461 e. The van der Waals surface area contributed by atoms with E-state index < -0.39 is 0 Å². The molecule has 2 unspecified atom stereocenters. The Balaban J connectivity index is 1.70. The summed E-state index contributed by atoms with van der Waals surface area (Å²) in [7, 11) is -0.0815. The predicted molar refractivity (Wildman–Crippen MR) is 71.4 cm³/mol. The second-order valence-electron chi connectivity index (χ2n) is 6.39. The Morgan fingerprint density at radius 3 is 2.39 bits per heavy atom. The highest BCUT2D eigenvalue weighted by molar-refractivity contribution is 6.49. The summed E-state index contributed by atoms with van der Waals surface area (Å²) in [6.45, 7) is 8.41. The molecular formula is C14H20BNO2. The minimum Gasteiger partial charge on any atom is -0.403 e. The molecule has 2 atom stereocenters. The molecule has 1 aromatic rings. The zero-order chi connectivity index (χ0) is 13.0. The number of nitrogens with zero attached hydrogens (tertiary/aromatic N) is 1. The van der Waals surface area contributed by atoms with E-state index in [4.69, 9.17) is 9.31 Å². The van der Waals surface area contributed by atoms with E-state index in [-0.39, 0.29) is 18.3 Å². The van der Waals surface area contributed by atoms with Gasteiger partial charge in [0.25, 0.3) is 0 Å². The van der Waals surface area contributed by atoms with Crippen molar-refractivity contribution in [2.24, 2.45) is 0 Å². The topological polar surface area (TPSA) is 31.4 Å². The second kappa shape index (κ2) is 3.81. The highest BCUT2D eigenvalue weighted by Crippen LogP contribution is 2.57. The Hall–Kier alpha value is -0.865. The lowest BCUT2D eigenvalue weighted by Crippen LogP contribution is -2.41. The van der Waals surface area contributed by atoms with Crippen LogP contribution in [0.4, 0.5) is 0 Å². The first-order valence-electron chi connectivity index (χ1n) is 6.67. The first-order valence-corrected chi connectivity index (χ1v) is 6.67. The van der Waals surface area contributed by atoms with Crippen LogP contribution in [0.3, 0.4) is 0 Å². The molecule has 1 aromatic heterocycles. The van der Waals surface area contributed by atoms with Crippen molar-refractivity contribution in [1.29, 1.82) is 0 Å². The summed E-state index contributed by atoms with van der Waals surface area (Å²) >= 11 is 0. The standard InChI is InChI=1S/C14H20BNO2/c1-13(2)14(3,4)18-15(17-13)11-9-10(11)12-7-5-6-8-16-12/h5-8,10-11H,9H2,1-4H3. The molecule has 1 saturated carbocycles. The summed E-state index contributed by atoms with van der Waals surface area (Å²) in [4.78, 5) is 4.42. The molecule has 1 aliphatic heterocycles. The first kappa shape index (κ1) is 12.2. The van der Waals surface area contributed by atoms with Gasteiger partial charge in [-0.25, -0.2) is 0 Å². The molecule has 2 fully saturated rings. The molecule has 0 radical (unpaired) electrons. The first-order chi connectivity index (χ1) is 8.41. The number of aromatic nitrogens is 1. The molecule has 1 saturated heterocycles. The number of hydrogen-bond acceptors (Lipinski definition) is 3. The highest BCUT2D eigenvalue weighted by atomic mass is 16.7. The average molecular weight is 245 g/mol. The molecular weight excluding hydrogens is 225 g/mol. The van der Waals surface area contributed by atoms with Gasteiger partial charge in [-0.05, 0) is 46.2 Å². The van der Waals surface area contributed by atoms with Crippen LogP contribution in [0.1, 0.15) is 45.7 Å². The molecule has 0 bridgehead atoms. The van der Waals surface area contributed by atoms with E-state index in [0.717, 1.165) is 12.1 Å². The van der Waals surface area contributed by atoms with E-state index in [1.807, 2.05) is 18.3 Å². The van der Waals surface area contributed by atoms with Crippen LogP contribution >= 0.6 is 0 Å². The van der Waals surface area contributed by atoms with E-state index in [9.17, 15) is 0 Å². The Morgan fingerprint density at radius 1 is 1.17 bits per heavy atom. The van der Waals surface area contributed by atoms with E-state index in [1.165, 1.54) is 0 Å². The SMILES string of the molecule is CC1(C)OB(C2CC2c2ccccn2)OC1(C)C. The summed E-state index contributed by atoms with van der Waals surface area (Å²) in [6, 6.07) is 6.09. The molecule has 2 aliphatic rings. The van der Waals surface area contributed by atoms with Gasteiger partial charge in [0, 0.05) is 23.6 Å². The summed E-state index contributed by atoms with van der Waals surface area (Å²) in [5.74, 6) is 0.960. The van der Waals surface area contributed by atoms with Crippen molar-refractivity contribution in [3.05, 3.63) is 30.1 Å². The number of pyridine rings is 1. The van der Waals surface area contributed by atoms with Crippen LogP contribution in [0.2, 0.25) is 5.82 Å². The van der Waals surface area contributed by atoms with E-state index in [1.54, 1.807) is 0 Å². The van der Waals surface area contributed by atoms with Crippen LogP contribution in [0.5, 0.6) is 0 Å². The molecule has 3 nitrogen and oxygen atoms in total. The summed E-state index contributed by atoms with van der Waals surface area (Å²) in [5, 5.41) is 0. The summed E-state index contributed by atoms with van der Waals surface area (Å²) < 4.78 is 12.2. The van der Waals surface area contributed by atoms with Gasteiger partial charge in [0.1, 0.15) is 0 Å². The van der Waals surface area contributed by atoms with Crippen molar-refractivity contribution in [3.8, 4) is 0 Å². The Labute approximate surface area is 109 Å². The van der Waals surface area contributed by atoms with E-state index in [2.05, 4.69) is 38.7 Å². The summed E-state index contributed by atoms with van der Waals surface area (Å²) in [6.07, 6.45) is 2.97. The highest BCUT2D eigenvalue weighted by Gasteiger charge is 2.60. The Kier molecular flexibility index (Phi) is 2.58. The molecule has 1 aliphatic carbocycles. The largest absolute Gasteiger partial charge is 0.461 e. The monoisotopic (exact) mass is 245 g/mol. The Bertz CT molecular complexity index is 430. The van der Waals surface area contributed by atoms with Gasteiger partial charge in [0.15, 0.2) is 0 Å². The molecule has 0 amide bonds. The van der Waals surface area contributed by atoms with Gasteiger partial charge in [-0.3, -0.25) is 4.98 Å². The van der Waals surface area contributed by atoms with Gasteiger partial charge in [-0.1, -0.05) is 6.07 Å². The quantitative estimate of drug-likeness (QED) is 0.750. The summed E-state index contributed by atoms with van der Waals surface area (Å²) in [5.41, 5.74) is 0.710. The fourth-order valence-corrected chi connectivity index (χ4v) is 2.51. The van der Waals surface area contributed by atoms with Gasteiger partial charge >= 0.3 is 7.12 Å². The van der Waals surface area contributed by atoms with Crippen LogP contribution in [0.15, 0.2) is 24.4 Å². The van der Waals surface area contributed by atoms with Crippen molar-refractivity contribution >= 4 is 7.12 Å². The Morgan fingerprint density at radius 2 is 1.83 bits per heavy atom. The second-order valence-corrected chi connectivity index (χ2v) is 6.39. The predicted octanol–water partition coefficient (Wildman–Crippen LogP) is 3.03. The lowest BCUT2D eigenvalue weighted by molar-refractivity contribution is 0.00578. The van der Waals surface area contributed by atoms with Gasteiger partial charge in [-0.15, -0.1) is 0 Å². The molecule has 18 heavy (non-hydrogen) atoms. The third kappa shape index (κ3) is 1.88. The molecule has 4 heteroatoms. The smallest absolute Gasteiger partial charge is 0.403 e. The van der Waals surface area contributed by atoms with Crippen molar-refractivity contribution in [2.75, 3.05) is 0 Å². The van der Waals surface area contributed by atoms with Crippen molar-refractivity contribution in [1.82, 2.24) is 4.98 Å². The molecule has 96 valence electrons. The number of rotatable bonds is 2. The van der Waals surface area contributed by atoms with Gasteiger partial charge in [0.2, 0.25) is 0 Å². The van der Waals surface area contributed by atoms with Crippen LogP contribution < -0.4 is 0 Å². The minimum atomic E-state index is -0.227. The maximum atomic E-state index is 6.09. The van der Waals surface area contributed by atoms with Crippen LogP contribution in [-0.4, -0.2) is 23.3 Å². The van der Waals surface area contributed by atoms with Gasteiger partial charge in [0.05, 0.1) is 11.2 Å². The zero-order valence-corrected chi connectivity index (χ0v) is 11.5. The van der Waals surface area contributed by atoms with Crippen LogP contribution in [0, 0.1) is 0 Å². The fraction of sp³-hybridized carbons (Fsp3) is 0.643. The molecule has 0 spiro atoms. The van der Waals surface area contributed by atoms with Crippen molar-refractivity contribution in [2.45, 2.75) is 57.1 Å². The number of hydrogen-bond donors (Lipinski definition) is 0. The van der Waals surface area contributed by atoms with Crippen LogP contribution in [-0.2, 0) is 9.31 Å². The molecule has 0 N–H and O–H groups in total. The maximum absolute atomic E-state index is 6.09.